The molecule has 0 aliphatic carbocycles. The van der Waals surface area contributed by atoms with Gasteiger partial charge in [0.25, 0.3) is 0 Å². The largest absolute Gasteiger partial charge is 0.308 e. The first-order chi connectivity index (χ1) is 5.63. The lowest BCUT2D eigenvalue weighted by Gasteiger charge is -2.26. The fourth-order valence-electron chi connectivity index (χ4n) is 0.766. The molecule has 0 amide bonds. The summed E-state index contributed by atoms with van der Waals surface area (Å²) in [5.74, 6) is 5.24. The van der Waals surface area contributed by atoms with Crippen LogP contribution in [0.1, 0.15) is 41.5 Å². The van der Waals surface area contributed by atoms with Crippen molar-refractivity contribution < 1.29 is 0 Å². The zero-order valence-corrected chi connectivity index (χ0v) is 10.8. The van der Waals surface area contributed by atoms with Crippen LogP contribution in [-0.4, -0.2) is 23.0 Å². The van der Waals surface area contributed by atoms with Gasteiger partial charge in [-0.05, 0) is 5.41 Å². The molecular weight excluding hydrogens is 178 g/mol. The highest BCUT2D eigenvalue weighted by Gasteiger charge is 2.14. The summed E-state index contributed by atoms with van der Waals surface area (Å²) >= 11 is 0. The molecule has 13 heavy (non-hydrogen) atoms. The van der Waals surface area contributed by atoms with E-state index in [1.54, 1.807) is 0 Å². The lowest BCUT2D eigenvalue weighted by Crippen LogP contribution is -2.29. The molecule has 0 fully saturated rings. The number of hydrogen-bond donors (Lipinski definition) is 1. The molecule has 1 nitrogen and oxygen atoms in total. The van der Waals surface area contributed by atoms with Crippen LogP contribution in [0.3, 0.4) is 0 Å². The third-order valence-corrected chi connectivity index (χ3v) is 4.08. The molecular formula is C11H25NS. The van der Waals surface area contributed by atoms with E-state index in [4.69, 9.17) is 0 Å². The normalized spacial score (nSPS) is 15.8. The number of nitrogens with one attached hydrogen (secondary N) is 1. The molecule has 0 aliphatic heterocycles. The van der Waals surface area contributed by atoms with Crippen LogP contribution in [0, 0.1) is 5.41 Å². The van der Waals surface area contributed by atoms with E-state index in [9.17, 15) is 0 Å². The second-order valence-electron chi connectivity index (χ2n) is 5.74. The van der Waals surface area contributed by atoms with Gasteiger partial charge in [0, 0.05) is 17.2 Å². The van der Waals surface area contributed by atoms with Crippen LogP contribution in [0.4, 0.5) is 0 Å². The van der Waals surface area contributed by atoms with Crippen molar-refractivity contribution in [1.29, 1.82) is 0 Å². The smallest absolute Gasteiger partial charge is 0.0367 e. The van der Waals surface area contributed by atoms with E-state index >= 15 is 0 Å². The molecule has 0 aromatic carbocycles. The summed E-state index contributed by atoms with van der Waals surface area (Å²) in [5.41, 5.74) is 0.377. The number of hydrogen-bond acceptors (Lipinski definition) is 1. The first kappa shape index (κ1) is 13.2. The Morgan fingerprint density at radius 1 is 1.08 bits per heavy atom. The predicted octanol–water partition coefficient (Wildman–Crippen LogP) is 3.08. The van der Waals surface area contributed by atoms with Gasteiger partial charge < -0.3 is 5.32 Å². The van der Waals surface area contributed by atoms with Crippen LogP contribution in [0.2, 0.25) is 0 Å². The summed E-state index contributed by atoms with van der Waals surface area (Å²) < 4.78 is 0.338. The van der Waals surface area contributed by atoms with Crippen molar-refractivity contribution in [2.75, 3.05) is 12.4 Å². The van der Waals surface area contributed by atoms with E-state index in [0.29, 0.717) is 10.2 Å². The second kappa shape index (κ2) is 4.61. The second-order valence-corrected chi connectivity index (χ2v) is 8.24. The van der Waals surface area contributed by atoms with Gasteiger partial charge in [0.05, 0.1) is 0 Å². The molecule has 1 N–H and O–H groups in total. The summed E-state index contributed by atoms with van der Waals surface area (Å²) in [6.07, 6.45) is 0. The topological polar surface area (TPSA) is 12.0 Å². The molecule has 0 saturated heterocycles. The Morgan fingerprint density at radius 2 is 1.54 bits per heavy atom. The van der Waals surface area contributed by atoms with E-state index in [-0.39, 0.29) is 10.5 Å². The summed E-state index contributed by atoms with van der Waals surface area (Å²) in [4.78, 5) is 0. The average molecular weight is 203 g/mol. The van der Waals surface area contributed by atoms with Crippen molar-refractivity contribution in [2.45, 2.75) is 46.3 Å². The molecule has 0 heterocycles. The van der Waals surface area contributed by atoms with Crippen molar-refractivity contribution in [3.63, 3.8) is 0 Å². The maximum atomic E-state index is 4.19. The minimum Gasteiger partial charge on any atom is -0.308 e. The summed E-state index contributed by atoms with van der Waals surface area (Å²) in [5, 5.41) is 3.48. The van der Waals surface area contributed by atoms with Crippen LogP contribution < -0.4 is 5.32 Å². The zero-order chi connectivity index (χ0) is 10.7. The van der Waals surface area contributed by atoms with Crippen LogP contribution in [-0.2, 0) is 0 Å². The quantitative estimate of drug-likeness (QED) is 0.695. The fraction of sp³-hybridized carbons (Fsp3) is 0.909. The van der Waals surface area contributed by atoms with Crippen LogP contribution >= 0.6 is 10.5 Å². The Morgan fingerprint density at radius 3 is 1.85 bits per heavy atom. The van der Waals surface area contributed by atoms with Gasteiger partial charge >= 0.3 is 0 Å². The highest BCUT2D eigenvalue weighted by Crippen LogP contribution is 2.28. The lowest BCUT2D eigenvalue weighted by molar-refractivity contribution is 0.392. The molecule has 0 rings (SSSR count). The Balaban J connectivity index is 3.74. The summed E-state index contributed by atoms with van der Waals surface area (Å²) in [7, 11) is 0.217. The van der Waals surface area contributed by atoms with Crippen molar-refractivity contribution >= 4 is 16.4 Å². The van der Waals surface area contributed by atoms with E-state index in [2.05, 4.69) is 52.7 Å². The third kappa shape index (κ3) is 7.27. The Kier molecular flexibility index (Phi) is 4.67. The molecule has 0 aromatic heterocycles. The molecule has 1 atom stereocenters. The van der Waals surface area contributed by atoms with Crippen molar-refractivity contribution in [2.24, 2.45) is 5.41 Å². The molecule has 0 bridgehead atoms. The van der Waals surface area contributed by atoms with Crippen LogP contribution in [0.5, 0.6) is 0 Å². The van der Waals surface area contributed by atoms with E-state index in [1.165, 1.54) is 0 Å². The van der Waals surface area contributed by atoms with Gasteiger partial charge in [0.1, 0.15) is 0 Å². The van der Waals surface area contributed by atoms with Gasteiger partial charge in [-0.15, -0.1) is 0 Å². The molecule has 0 aliphatic rings. The summed E-state index contributed by atoms with van der Waals surface area (Å²) in [6.45, 7) is 14.6. The first-order valence-corrected chi connectivity index (χ1v) is 6.41. The van der Waals surface area contributed by atoms with E-state index in [0.717, 1.165) is 12.4 Å². The standard InChI is InChI=1S/C11H25NS/c1-10(2,3)8-12-9-13(7)11(4,5)6/h12H,7-9H2,1-6H3. The monoisotopic (exact) mass is 203 g/mol. The highest BCUT2D eigenvalue weighted by atomic mass is 32.2. The average Bonchev–Trinajstić information content (AvgIpc) is 1.82. The number of rotatable bonds is 3. The minimum absolute atomic E-state index is 0.217. The minimum atomic E-state index is 0.217. The third-order valence-electron chi connectivity index (χ3n) is 1.80. The van der Waals surface area contributed by atoms with Gasteiger partial charge in [-0.2, -0.15) is 10.5 Å². The molecule has 0 aromatic rings. The van der Waals surface area contributed by atoms with Crippen molar-refractivity contribution in [1.82, 2.24) is 5.32 Å². The Labute approximate surface area is 86.2 Å². The maximum Gasteiger partial charge on any atom is 0.0367 e. The highest BCUT2D eigenvalue weighted by molar-refractivity contribution is 8.15. The predicted molar refractivity (Wildman–Crippen MR) is 66.8 cm³/mol. The molecule has 0 radical (unpaired) electrons. The van der Waals surface area contributed by atoms with Crippen molar-refractivity contribution in [3.05, 3.63) is 0 Å². The zero-order valence-electron chi connectivity index (χ0n) is 10.0. The van der Waals surface area contributed by atoms with Gasteiger partial charge in [-0.25, -0.2) is 0 Å². The molecule has 0 spiro atoms. The van der Waals surface area contributed by atoms with Gasteiger partial charge in [-0.1, -0.05) is 47.4 Å². The van der Waals surface area contributed by atoms with Gasteiger partial charge in [0.15, 0.2) is 0 Å². The molecule has 2 heteroatoms. The molecule has 80 valence electrons. The molecule has 0 saturated carbocycles. The maximum absolute atomic E-state index is 4.19. The van der Waals surface area contributed by atoms with Crippen LogP contribution in [0.25, 0.3) is 0 Å². The van der Waals surface area contributed by atoms with Gasteiger partial charge in [0.2, 0.25) is 0 Å². The molecule has 1 unspecified atom stereocenters. The van der Waals surface area contributed by atoms with E-state index in [1.807, 2.05) is 0 Å². The van der Waals surface area contributed by atoms with Crippen LogP contribution in [0.15, 0.2) is 0 Å². The van der Waals surface area contributed by atoms with Gasteiger partial charge in [-0.3, -0.25) is 0 Å². The van der Waals surface area contributed by atoms with Crippen molar-refractivity contribution in [3.8, 4) is 0 Å². The summed E-state index contributed by atoms with van der Waals surface area (Å²) in [6, 6.07) is 0. The fourth-order valence-corrected chi connectivity index (χ4v) is 1.55. The SMILES string of the molecule is C=S(CNCC(C)(C)C)C(C)(C)C. The Bertz CT molecular complexity index is 172. The lowest BCUT2D eigenvalue weighted by atomic mass is 9.97. The van der Waals surface area contributed by atoms with E-state index < -0.39 is 0 Å². The Hall–Kier alpha value is 0.180. The first-order valence-electron chi connectivity index (χ1n) is 4.84.